The molecule has 0 unspecified atom stereocenters. The van der Waals surface area contributed by atoms with Gasteiger partial charge in [0.1, 0.15) is 0 Å². The van der Waals surface area contributed by atoms with E-state index in [4.69, 9.17) is 5.73 Å². The summed E-state index contributed by atoms with van der Waals surface area (Å²) < 4.78 is 0. The lowest BCUT2D eigenvalue weighted by molar-refractivity contribution is 0.0765. The molecule has 16 heavy (non-hydrogen) atoms. The van der Waals surface area contributed by atoms with Gasteiger partial charge in [-0.05, 0) is 24.1 Å². The highest BCUT2D eigenvalue weighted by Crippen LogP contribution is 2.14. The molecule has 1 aromatic rings. The smallest absolute Gasteiger partial charge is 0.253 e. The molecule has 0 bridgehead atoms. The number of hydrogen-bond donors (Lipinski definition) is 2. The molecule has 1 saturated heterocycles. The van der Waals surface area contributed by atoms with E-state index in [-0.39, 0.29) is 12.0 Å². The number of benzene rings is 1. The fraction of sp³-hybridized carbons (Fsp3) is 0.417. The average molecular weight is 220 g/mol. The van der Waals surface area contributed by atoms with Gasteiger partial charge in [0.25, 0.3) is 5.91 Å². The number of likely N-dealkylation sites (tertiary alicyclic amines) is 1. The van der Waals surface area contributed by atoms with E-state index < -0.39 is 0 Å². The van der Waals surface area contributed by atoms with Crippen LogP contribution in [0.3, 0.4) is 0 Å². The number of β-amino-alcohol motifs (C(OH)–C–C–N with tert-alkyl or cyclic N) is 1. The van der Waals surface area contributed by atoms with Crippen molar-refractivity contribution in [2.75, 3.05) is 13.1 Å². The Balaban J connectivity index is 2.08. The minimum Gasteiger partial charge on any atom is -0.391 e. The molecule has 1 heterocycles. The molecule has 1 aliphatic rings. The number of hydrogen-bond acceptors (Lipinski definition) is 3. The van der Waals surface area contributed by atoms with Gasteiger partial charge in [-0.3, -0.25) is 4.79 Å². The van der Waals surface area contributed by atoms with E-state index in [0.29, 0.717) is 31.6 Å². The zero-order chi connectivity index (χ0) is 11.5. The minimum atomic E-state index is -0.368. The summed E-state index contributed by atoms with van der Waals surface area (Å²) in [7, 11) is 0. The van der Waals surface area contributed by atoms with Gasteiger partial charge in [0, 0.05) is 25.2 Å². The second-order valence-corrected chi connectivity index (χ2v) is 4.09. The van der Waals surface area contributed by atoms with Gasteiger partial charge in [-0.15, -0.1) is 0 Å². The third-order valence-corrected chi connectivity index (χ3v) is 2.89. The molecule has 1 aromatic carbocycles. The zero-order valence-electron chi connectivity index (χ0n) is 9.10. The highest BCUT2D eigenvalue weighted by atomic mass is 16.3. The molecule has 1 fully saturated rings. The lowest BCUT2D eigenvalue weighted by Gasteiger charge is -2.15. The first-order valence-electron chi connectivity index (χ1n) is 5.47. The van der Waals surface area contributed by atoms with Crippen molar-refractivity contribution in [3.05, 3.63) is 35.4 Å². The van der Waals surface area contributed by atoms with Crippen molar-refractivity contribution in [3.63, 3.8) is 0 Å². The summed E-state index contributed by atoms with van der Waals surface area (Å²) in [6, 6.07) is 7.30. The third kappa shape index (κ3) is 2.23. The maximum atomic E-state index is 12.0. The summed E-state index contributed by atoms with van der Waals surface area (Å²) in [6.45, 7) is 1.56. The van der Waals surface area contributed by atoms with Crippen LogP contribution in [0, 0.1) is 0 Å². The Bertz CT molecular complexity index is 375. The van der Waals surface area contributed by atoms with E-state index in [0.717, 1.165) is 5.56 Å². The lowest BCUT2D eigenvalue weighted by atomic mass is 10.1. The van der Waals surface area contributed by atoms with Gasteiger partial charge in [0.2, 0.25) is 0 Å². The number of nitrogens with zero attached hydrogens (tertiary/aromatic N) is 1. The molecular weight excluding hydrogens is 204 g/mol. The fourth-order valence-corrected chi connectivity index (χ4v) is 1.89. The van der Waals surface area contributed by atoms with Gasteiger partial charge in [-0.25, -0.2) is 0 Å². The average Bonchev–Trinajstić information content (AvgIpc) is 2.75. The molecule has 0 aromatic heterocycles. The molecule has 0 spiro atoms. The van der Waals surface area contributed by atoms with Crippen molar-refractivity contribution in [1.29, 1.82) is 0 Å². The number of aliphatic hydroxyl groups is 1. The quantitative estimate of drug-likeness (QED) is 0.756. The Kier molecular flexibility index (Phi) is 3.22. The number of carbonyl (C=O) groups is 1. The van der Waals surface area contributed by atoms with Crippen molar-refractivity contribution < 1.29 is 9.90 Å². The number of aliphatic hydroxyl groups excluding tert-OH is 1. The molecule has 0 saturated carbocycles. The fourth-order valence-electron chi connectivity index (χ4n) is 1.89. The molecule has 1 aliphatic heterocycles. The topological polar surface area (TPSA) is 66.6 Å². The number of carbonyl (C=O) groups excluding carboxylic acids is 1. The van der Waals surface area contributed by atoms with Crippen LogP contribution in [0.5, 0.6) is 0 Å². The summed E-state index contributed by atoms with van der Waals surface area (Å²) in [4.78, 5) is 13.7. The van der Waals surface area contributed by atoms with Crippen molar-refractivity contribution >= 4 is 5.91 Å². The van der Waals surface area contributed by atoms with Crippen molar-refractivity contribution in [2.45, 2.75) is 19.1 Å². The van der Waals surface area contributed by atoms with Crippen molar-refractivity contribution in [3.8, 4) is 0 Å². The maximum absolute atomic E-state index is 12.0. The predicted octanol–water partition coefficient (Wildman–Crippen LogP) is 0.352. The van der Waals surface area contributed by atoms with E-state index in [9.17, 15) is 9.90 Å². The predicted molar refractivity (Wildman–Crippen MR) is 60.9 cm³/mol. The van der Waals surface area contributed by atoms with Crippen LogP contribution < -0.4 is 5.73 Å². The summed E-state index contributed by atoms with van der Waals surface area (Å²) in [5, 5.41) is 9.37. The minimum absolute atomic E-state index is 0.0138. The van der Waals surface area contributed by atoms with Crippen LogP contribution >= 0.6 is 0 Å². The van der Waals surface area contributed by atoms with E-state index in [1.165, 1.54) is 0 Å². The molecule has 2 rings (SSSR count). The van der Waals surface area contributed by atoms with Crippen LogP contribution in [-0.4, -0.2) is 35.1 Å². The Labute approximate surface area is 94.7 Å². The van der Waals surface area contributed by atoms with Crippen LogP contribution in [0.1, 0.15) is 22.3 Å². The lowest BCUT2D eigenvalue weighted by Crippen LogP contribution is -2.29. The van der Waals surface area contributed by atoms with Gasteiger partial charge < -0.3 is 15.7 Å². The molecule has 3 N–H and O–H groups in total. The maximum Gasteiger partial charge on any atom is 0.253 e. The van der Waals surface area contributed by atoms with Gasteiger partial charge in [-0.2, -0.15) is 0 Å². The standard InChI is InChI=1S/C12H16N2O2/c13-7-9-1-3-10(4-2-9)12(16)14-6-5-11(15)8-14/h1-4,11,15H,5-8,13H2/t11-/m1/s1. The van der Waals surface area contributed by atoms with Gasteiger partial charge in [-0.1, -0.05) is 12.1 Å². The molecule has 4 nitrogen and oxygen atoms in total. The van der Waals surface area contributed by atoms with Gasteiger partial charge in [0.15, 0.2) is 0 Å². The second kappa shape index (κ2) is 4.63. The summed E-state index contributed by atoms with van der Waals surface area (Å²) >= 11 is 0. The molecule has 0 aliphatic carbocycles. The first-order chi connectivity index (χ1) is 7.70. The Morgan fingerprint density at radius 2 is 2.12 bits per heavy atom. The summed E-state index contributed by atoms with van der Waals surface area (Å²) in [5.74, 6) is -0.0138. The van der Waals surface area contributed by atoms with Crippen LogP contribution in [-0.2, 0) is 6.54 Å². The SMILES string of the molecule is NCc1ccc(C(=O)N2CC[C@@H](O)C2)cc1. The highest BCUT2D eigenvalue weighted by Gasteiger charge is 2.25. The van der Waals surface area contributed by atoms with Gasteiger partial charge in [0.05, 0.1) is 6.10 Å². The molecule has 1 atom stereocenters. The molecule has 0 radical (unpaired) electrons. The zero-order valence-corrected chi connectivity index (χ0v) is 9.10. The Hall–Kier alpha value is -1.39. The highest BCUT2D eigenvalue weighted by molar-refractivity contribution is 5.94. The normalized spacial score (nSPS) is 20.1. The van der Waals surface area contributed by atoms with Crippen LogP contribution in [0.4, 0.5) is 0 Å². The van der Waals surface area contributed by atoms with E-state index >= 15 is 0 Å². The molecule has 4 heteroatoms. The monoisotopic (exact) mass is 220 g/mol. The number of rotatable bonds is 2. The van der Waals surface area contributed by atoms with Crippen LogP contribution in [0.25, 0.3) is 0 Å². The number of nitrogens with two attached hydrogens (primary N) is 1. The Morgan fingerprint density at radius 3 is 2.62 bits per heavy atom. The molecule has 86 valence electrons. The summed E-state index contributed by atoms with van der Waals surface area (Å²) in [5.41, 5.74) is 7.16. The van der Waals surface area contributed by atoms with Gasteiger partial charge >= 0.3 is 0 Å². The van der Waals surface area contributed by atoms with Crippen molar-refractivity contribution in [2.24, 2.45) is 5.73 Å². The van der Waals surface area contributed by atoms with Crippen molar-refractivity contribution in [1.82, 2.24) is 4.90 Å². The second-order valence-electron chi connectivity index (χ2n) is 4.09. The number of amides is 1. The van der Waals surface area contributed by atoms with Crippen LogP contribution in [0.15, 0.2) is 24.3 Å². The largest absolute Gasteiger partial charge is 0.391 e. The molecule has 1 amide bonds. The van der Waals surface area contributed by atoms with E-state index in [2.05, 4.69) is 0 Å². The van der Waals surface area contributed by atoms with Crippen LogP contribution in [0.2, 0.25) is 0 Å². The Morgan fingerprint density at radius 1 is 1.44 bits per heavy atom. The summed E-state index contributed by atoms with van der Waals surface area (Å²) in [6.07, 6.45) is 0.305. The third-order valence-electron chi connectivity index (χ3n) is 2.89. The first kappa shape index (κ1) is 11.1. The molecular formula is C12H16N2O2. The first-order valence-corrected chi connectivity index (χ1v) is 5.47. The van der Waals surface area contributed by atoms with E-state index in [1.54, 1.807) is 17.0 Å². The van der Waals surface area contributed by atoms with E-state index in [1.807, 2.05) is 12.1 Å².